The summed E-state index contributed by atoms with van der Waals surface area (Å²) >= 11 is 0. The number of phenolic OH excluding ortho intramolecular Hbond substituents is 1. The highest BCUT2D eigenvalue weighted by molar-refractivity contribution is 14.0. The Morgan fingerprint density at radius 2 is 1.70 bits per heavy atom. The Morgan fingerprint density at radius 1 is 1.03 bits per heavy atom. The third-order valence-electron chi connectivity index (χ3n) is 5.25. The molecule has 0 aromatic heterocycles. The lowest BCUT2D eigenvalue weighted by Crippen LogP contribution is -2.52. The Hall–Kier alpha value is -2.16. The first kappa shape index (κ1) is 24.1. The van der Waals surface area contributed by atoms with Gasteiger partial charge in [0, 0.05) is 59.1 Å². The van der Waals surface area contributed by atoms with Crippen molar-refractivity contribution >= 4 is 41.3 Å². The summed E-state index contributed by atoms with van der Waals surface area (Å²) in [5.74, 6) is 1.33. The minimum absolute atomic E-state index is 0. The first-order valence-corrected chi connectivity index (χ1v) is 10.4. The van der Waals surface area contributed by atoms with Crippen LogP contribution >= 0.6 is 24.0 Å². The number of nitrogens with one attached hydrogen (secondary N) is 1. The zero-order valence-electron chi connectivity index (χ0n) is 18.2. The predicted molar refractivity (Wildman–Crippen MR) is 138 cm³/mol. The Bertz CT molecular complexity index is 801. The molecule has 2 aromatic carbocycles. The van der Waals surface area contributed by atoms with Crippen LogP contribution in [0.5, 0.6) is 5.75 Å². The van der Waals surface area contributed by atoms with Crippen LogP contribution in [-0.4, -0.2) is 69.3 Å². The summed E-state index contributed by atoms with van der Waals surface area (Å²) in [4.78, 5) is 11.5. The summed E-state index contributed by atoms with van der Waals surface area (Å²) in [5, 5.41) is 13.5. The fourth-order valence-electron chi connectivity index (χ4n) is 3.57. The second-order valence-corrected chi connectivity index (χ2v) is 7.51. The number of benzene rings is 2. The lowest BCUT2D eigenvalue weighted by Gasteiger charge is -2.37. The molecule has 0 spiro atoms. The van der Waals surface area contributed by atoms with Crippen LogP contribution in [0.25, 0.3) is 0 Å². The molecule has 164 valence electrons. The SMILES string of the molecule is CCNC(=NCCc1ccc(N(C)C)cc1)N1CCN(c2ccccc2O)CC1.I. The molecule has 2 N–H and O–H groups in total. The van der Waals surface area contributed by atoms with Crippen LogP contribution < -0.4 is 15.1 Å². The van der Waals surface area contributed by atoms with Gasteiger partial charge in [0.05, 0.1) is 5.69 Å². The first-order valence-electron chi connectivity index (χ1n) is 10.4. The number of hydrogen-bond donors (Lipinski definition) is 2. The number of guanidine groups is 1. The summed E-state index contributed by atoms with van der Waals surface area (Å²) in [5.41, 5.74) is 3.43. The molecule has 1 heterocycles. The molecule has 30 heavy (non-hydrogen) atoms. The average Bonchev–Trinajstić information content (AvgIpc) is 2.74. The van der Waals surface area contributed by atoms with Crippen LogP contribution in [0.15, 0.2) is 53.5 Å². The Labute approximate surface area is 197 Å². The number of hydrogen-bond acceptors (Lipinski definition) is 4. The summed E-state index contributed by atoms with van der Waals surface area (Å²) in [6.07, 6.45) is 0.931. The largest absolute Gasteiger partial charge is 0.506 e. The van der Waals surface area contributed by atoms with E-state index in [0.29, 0.717) is 5.75 Å². The van der Waals surface area contributed by atoms with Crippen LogP contribution in [0, 0.1) is 0 Å². The molecule has 0 radical (unpaired) electrons. The lowest BCUT2D eigenvalue weighted by atomic mass is 10.1. The Kier molecular flexibility index (Phi) is 9.55. The van der Waals surface area contributed by atoms with Crippen molar-refractivity contribution in [3.8, 4) is 5.75 Å². The zero-order valence-corrected chi connectivity index (χ0v) is 20.5. The molecule has 0 unspecified atom stereocenters. The van der Waals surface area contributed by atoms with Gasteiger partial charge in [0.25, 0.3) is 0 Å². The summed E-state index contributed by atoms with van der Waals surface area (Å²) < 4.78 is 0. The molecule has 0 aliphatic carbocycles. The van der Waals surface area contributed by atoms with E-state index in [1.807, 2.05) is 18.2 Å². The quantitative estimate of drug-likeness (QED) is 0.346. The van der Waals surface area contributed by atoms with E-state index in [4.69, 9.17) is 4.99 Å². The van der Waals surface area contributed by atoms with Gasteiger partial charge in [-0.3, -0.25) is 4.99 Å². The second-order valence-electron chi connectivity index (χ2n) is 7.51. The van der Waals surface area contributed by atoms with Crippen molar-refractivity contribution in [1.29, 1.82) is 0 Å². The maximum absolute atomic E-state index is 10.1. The number of aliphatic imine (C=N–C) groups is 1. The molecule has 0 atom stereocenters. The van der Waals surface area contributed by atoms with E-state index in [-0.39, 0.29) is 24.0 Å². The normalized spacial score (nSPS) is 14.3. The van der Waals surface area contributed by atoms with E-state index in [0.717, 1.165) is 57.3 Å². The monoisotopic (exact) mass is 523 g/mol. The Balaban J connectivity index is 0.00000320. The number of para-hydroxylation sites is 2. The number of aromatic hydroxyl groups is 1. The van der Waals surface area contributed by atoms with E-state index < -0.39 is 0 Å². The second kappa shape index (κ2) is 11.9. The van der Waals surface area contributed by atoms with Gasteiger partial charge in [0.1, 0.15) is 5.75 Å². The van der Waals surface area contributed by atoms with Gasteiger partial charge >= 0.3 is 0 Å². The highest BCUT2D eigenvalue weighted by atomic mass is 127. The van der Waals surface area contributed by atoms with Crippen molar-refractivity contribution in [3.05, 3.63) is 54.1 Å². The summed E-state index contributed by atoms with van der Waals surface area (Å²) in [6, 6.07) is 16.2. The zero-order chi connectivity index (χ0) is 20.6. The minimum Gasteiger partial charge on any atom is -0.506 e. The smallest absolute Gasteiger partial charge is 0.194 e. The number of phenols is 1. The van der Waals surface area contributed by atoms with E-state index in [1.54, 1.807) is 6.07 Å². The predicted octanol–water partition coefficient (Wildman–Crippen LogP) is 3.41. The van der Waals surface area contributed by atoms with Crippen LogP contribution in [0.1, 0.15) is 12.5 Å². The topological polar surface area (TPSA) is 54.3 Å². The van der Waals surface area contributed by atoms with Gasteiger partial charge in [-0.2, -0.15) is 0 Å². The standard InChI is InChI=1S/C23H33N5O.HI/c1-4-24-23(25-14-13-19-9-11-20(12-10-19)26(2)3)28-17-15-27(16-18-28)21-7-5-6-8-22(21)29;/h5-12,29H,4,13-18H2,1-3H3,(H,24,25);1H. The van der Waals surface area contributed by atoms with Crippen LogP contribution in [0.2, 0.25) is 0 Å². The van der Waals surface area contributed by atoms with E-state index >= 15 is 0 Å². The molecule has 3 rings (SSSR count). The molecule has 7 heteroatoms. The summed E-state index contributed by atoms with van der Waals surface area (Å²) in [7, 11) is 4.11. The van der Waals surface area contributed by atoms with Gasteiger partial charge in [-0.25, -0.2) is 0 Å². The number of nitrogens with zero attached hydrogens (tertiary/aromatic N) is 4. The van der Waals surface area contributed by atoms with Crippen LogP contribution in [0.4, 0.5) is 11.4 Å². The lowest BCUT2D eigenvalue weighted by molar-refractivity contribution is 0.370. The van der Waals surface area contributed by atoms with Crippen molar-refractivity contribution in [2.75, 3.05) is 63.2 Å². The highest BCUT2D eigenvalue weighted by Crippen LogP contribution is 2.27. The maximum atomic E-state index is 10.1. The average molecular weight is 523 g/mol. The van der Waals surface area contributed by atoms with Crippen molar-refractivity contribution in [2.45, 2.75) is 13.3 Å². The molecule has 0 bridgehead atoms. The molecule has 0 saturated carbocycles. The van der Waals surface area contributed by atoms with Gasteiger partial charge in [0.15, 0.2) is 5.96 Å². The molecule has 1 saturated heterocycles. The third-order valence-corrected chi connectivity index (χ3v) is 5.25. The third kappa shape index (κ3) is 6.42. The number of piperazine rings is 1. The minimum atomic E-state index is 0. The fraction of sp³-hybridized carbons (Fsp3) is 0.435. The van der Waals surface area contributed by atoms with Gasteiger partial charge in [-0.1, -0.05) is 24.3 Å². The van der Waals surface area contributed by atoms with E-state index in [9.17, 15) is 5.11 Å². The number of anilines is 2. The van der Waals surface area contributed by atoms with Crippen LogP contribution in [0.3, 0.4) is 0 Å². The van der Waals surface area contributed by atoms with Crippen molar-refractivity contribution in [3.63, 3.8) is 0 Å². The van der Waals surface area contributed by atoms with Crippen molar-refractivity contribution < 1.29 is 5.11 Å². The summed E-state index contributed by atoms with van der Waals surface area (Å²) in [6.45, 7) is 7.24. The number of halogens is 1. The van der Waals surface area contributed by atoms with Gasteiger partial charge in [0.2, 0.25) is 0 Å². The molecule has 1 aliphatic rings. The number of rotatable bonds is 6. The van der Waals surface area contributed by atoms with Gasteiger partial charge in [-0.15, -0.1) is 24.0 Å². The Morgan fingerprint density at radius 3 is 2.30 bits per heavy atom. The molecular weight excluding hydrogens is 489 g/mol. The van der Waals surface area contributed by atoms with Gasteiger partial charge in [-0.05, 0) is 43.2 Å². The van der Waals surface area contributed by atoms with E-state index in [2.05, 4.69) is 65.3 Å². The molecule has 1 aliphatic heterocycles. The van der Waals surface area contributed by atoms with Crippen molar-refractivity contribution in [2.24, 2.45) is 4.99 Å². The van der Waals surface area contributed by atoms with Crippen molar-refractivity contribution in [1.82, 2.24) is 10.2 Å². The molecule has 2 aromatic rings. The van der Waals surface area contributed by atoms with E-state index in [1.165, 1.54) is 11.3 Å². The molecule has 6 nitrogen and oxygen atoms in total. The van der Waals surface area contributed by atoms with Crippen LogP contribution in [-0.2, 0) is 6.42 Å². The van der Waals surface area contributed by atoms with Gasteiger partial charge < -0.3 is 25.1 Å². The molecular formula is C23H34IN5O. The maximum Gasteiger partial charge on any atom is 0.194 e. The molecule has 0 amide bonds. The highest BCUT2D eigenvalue weighted by Gasteiger charge is 2.21. The molecule has 1 fully saturated rings. The first-order chi connectivity index (χ1) is 14.1. The fourth-order valence-corrected chi connectivity index (χ4v) is 3.57.